The van der Waals surface area contributed by atoms with Crippen LogP contribution in [0.15, 0.2) is 30.5 Å². The van der Waals surface area contributed by atoms with Gasteiger partial charge < -0.3 is 15.7 Å². The zero-order chi connectivity index (χ0) is 17.3. The number of aromatic nitrogens is 2. The highest BCUT2D eigenvalue weighted by Crippen LogP contribution is 2.33. The van der Waals surface area contributed by atoms with Crippen LogP contribution in [0.5, 0.6) is 0 Å². The number of carboxylic acids is 1. The maximum Gasteiger partial charge on any atom is 0.325 e. The molecule has 1 atom stereocenters. The number of carbonyl (C=O) groups is 3. The van der Waals surface area contributed by atoms with E-state index in [1.54, 1.807) is 0 Å². The number of hydrogen-bond donors (Lipinski definition) is 3. The van der Waals surface area contributed by atoms with Crippen LogP contribution in [-0.2, 0) is 20.9 Å². The van der Waals surface area contributed by atoms with Crippen molar-refractivity contribution in [1.82, 2.24) is 9.78 Å². The minimum absolute atomic E-state index is 0.0691. The van der Waals surface area contributed by atoms with Crippen molar-refractivity contribution < 1.29 is 23.9 Å². The molecule has 124 valence electrons. The summed E-state index contributed by atoms with van der Waals surface area (Å²) < 4.78 is 14.5. The Morgan fingerprint density at radius 1 is 1.42 bits per heavy atom. The molecule has 9 heteroatoms. The average Bonchev–Trinajstić information content (AvgIpc) is 2.92. The molecule has 0 spiro atoms. The van der Waals surface area contributed by atoms with Gasteiger partial charge in [-0.2, -0.15) is 5.10 Å². The van der Waals surface area contributed by atoms with E-state index in [1.165, 1.54) is 24.4 Å². The zero-order valence-electron chi connectivity index (χ0n) is 12.3. The fraction of sp³-hybridized carbons (Fsp3) is 0.200. The van der Waals surface area contributed by atoms with Crippen LogP contribution in [-0.4, -0.2) is 32.7 Å². The smallest absolute Gasteiger partial charge is 0.325 e. The predicted octanol–water partition coefficient (Wildman–Crippen LogP) is 1.17. The van der Waals surface area contributed by atoms with Crippen molar-refractivity contribution >= 4 is 29.3 Å². The number of nitrogens with zero attached hydrogens (tertiary/aromatic N) is 2. The fourth-order valence-electron chi connectivity index (χ4n) is 2.54. The van der Waals surface area contributed by atoms with E-state index in [0.29, 0.717) is 5.56 Å². The van der Waals surface area contributed by atoms with Gasteiger partial charge in [-0.1, -0.05) is 6.07 Å². The molecule has 3 rings (SSSR count). The third kappa shape index (κ3) is 3.24. The van der Waals surface area contributed by atoms with Gasteiger partial charge in [-0.25, -0.2) is 4.39 Å². The van der Waals surface area contributed by atoms with Crippen LogP contribution in [0.25, 0.3) is 0 Å². The quantitative estimate of drug-likeness (QED) is 0.778. The van der Waals surface area contributed by atoms with Crippen LogP contribution < -0.4 is 10.6 Å². The van der Waals surface area contributed by atoms with Crippen molar-refractivity contribution in [3.63, 3.8) is 0 Å². The van der Waals surface area contributed by atoms with Crippen molar-refractivity contribution in [2.45, 2.75) is 18.9 Å². The summed E-state index contributed by atoms with van der Waals surface area (Å²) in [6.45, 7) is -0.330. The number of hydrogen-bond acceptors (Lipinski definition) is 4. The Labute approximate surface area is 135 Å². The molecule has 8 nitrogen and oxygen atoms in total. The SMILES string of the molecule is O=C(O)Cn1ccc(NC(=O)[C@H]2CC(=O)Nc3cc(F)ccc32)n1. The van der Waals surface area contributed by atoms with Gasteiger partial charge in [-0.3, -0.25) is 19.1 Å². The molecule has 2 aromatic rings. The zero-order valence-corrected chi connectivity index (χ0v) is 12.3. The first kappa shape index (κ1) is 15.7. The van der Waals surface area contributed by atoms with Crippen molar-refractivity contribution in [1.29, 1.82) is 0 Å². The molecule has 3 N–H and O–H groups in total. The van der Waals surface area contributed by atoms with E-state index in [1.807, 2.05) is 0 Å². The lowest BCUT2D eigenvalue weighted by Gasteiger charge is -2.24. The van der Waals surface area contributed by atoms with Crippen molar-refractivity contribution in [3.05, 3.63) is 41.8 Å². The molecule has 0 radical (unpaired) electrons. The highest BCUT2D eigenvalue weighted by molar-refractivity contribution is 6.04. The van der Waals surface area contributed by atoms with Crippen molar-refractivity contribution in [2.24, 2.45) is 0 Å². The van der Waals surface area contributed by atoms with Crippen molar-refractivity contribution in [2.75, 3.05) is 10.6 Å². The molecule has 0 unspecified atom stereocenters. The largest absolute Gasteiger partial charge is 0.480 e. The molecule has 1 aliphatic rings. The average molecular weight is 332 g/mol. The van der Waals surface area contributed by atoms with Gasteiger partial charge in [0.25, 0.3) is 0 Å². The molecule has 2 amide bonds. The van der Waals surface area contributed by atoms with Gasteiger partial charge >= 0.3 is 5.97 Å². The first-order chi connectivity index (χ1) is 11.4. The van der Waals surface area contributed by atoms with Gasteiger partial charge in [0.2, 0.25) is 11.8 Å². The monoisotopic (exact) mass is 332 g/mol. The third-order valence-electron chi connectivity index (χ3n) is 3.56. The minimum Gasteiger partial charge on any atom is -0.480 e. The first-order valence-corrected chi connectivity index (χ1v) is 7.08. The number of fused-ring (bicyclic) bond motifs is 1. The Hall–Kier alpha value is -3.23. The highest BCUT2D eigenvalue weighted by Gasteiger charge is 2.31. The lowest BCUT2D eigenvalue weighted by Crippen LogP contribution is -2.31. The van der Waals surface area contributed by atoms with E-state index >= 15 is 0 Å². The lowest BCUT2D eigenvalue weighted by molar-refractivity contribution is -0.137. The summed E-state index contributed by atoms with van der Waals surface area (Å²) in [5.41, 5.74) is 0.779. The molecule has 0 saturated carbocycles. The number of rotatable bonds is 4. The predicted molar refractivity (Wildman–Crippen MR) is 80.9 cm³/mol. The summed E-state index contributed by atoms with van der Waals surface area (Å²) in [6.07, 6.45) is 1.35. The Balaban J connectivity index is 1.79. The highest BCUT2D eigenvalue weighted by atomic mass is 19.1. The fourth-order valence-corrected chi connectivity index (χ4v) is 2.54. The summed E-state index contributed by atoms with van der Waals surface area (Å²) >= 11 is 0. The molecular formula is C15H13FN4O4. The van der Waals surface area contributed by atoms with Gasteiger partial charge in [-0.15, -0.1) is 0 Å². The summed E-state index contributed by atoms with van der Waals surface area (Å²) in [4.78, 5) is 34.8. The molecule has 0 fully saturated rings. The maximum absolute atomic E-state index is 13.3. The van der Waals surface area contributed by atoms with E-state index < -0.39 is 23.6 Å². The number of amides is 2. The maximum atomic E-state index is 13.3. The summed E-state index contributed by atoms with van der Waals surface area (Å²) in [7, 11) is 0. The van der Waals surface area contributed by atoms with Crippen LogP contribution in [0.1, 0.15) is 17.9 Å². The Morgan fingerprint density at radius 2 is 2.21 bits per heavy atom. The van der Waals surface area contributed by atoms with Gasteiger partial charge in [0.15, 0.2) is 5.82 Å². The summed E-state index contributed by atoms with van der Waals surface area (Å²) in [5.74, 6) is -3.03. The lowest BCUT2D eigenvalue weighted by atomic mass is 9.89. The minimum atomic E-state index is -1.06. The second-order valence-electron chi connectivity index (χ2n) is 5.32. The van der Waals surface area contributed by atoms with Crippen LogP contribution in [0.2, 0.25) is 0 Å². The van der Waals surface area contributed by atoms with Crippen LogP contribution in [0.4, 0.5) is 15.9 Å². The van der Waals surface area contributed by atoms with E-state index in [4.69, 9.17) is 5.11 Å². The van der Waals surface area contributed by atoms with E-state index in [0.717, 1.165) is 10.7 Å². The normalized spacial score (nSPS) is 16.2. The second kappa shape index (κ2) is 6.11. The Kier molecular flexibility index (Phi) is 3.98. The van der Waals surface area contributed by atoms with E-state index in [2.05, 4.69) is 15.7 Å². The van der Waals surface area contributed by atoms with Crippen molar-refractivity contribution in [3.8, 4) is 0 Å². The number of nitrogens with one attached hydrogen (secondary N) is 2. The molecule has 1 aromatic heterocycles. The number of carboxylic acid groups (broad SMARTS) is 1. The van der Waals surface area contributed by atoms with Crippen LogP contribution >= 0.6 is 0 Å². The molecule has 0 bridgehead atoms. The second-order valence-corrected chi connectivity index (χ2v) is 5.32. The molecule has 1 aliphatic heterocycles. The topological polar surface area (TPSA) is 113 Å². The van der Waals surface area contributed by atoms with E-state index in [9.17, 15) is 18.8 Å². The molecule has 0 aliphatic carbocycles. The number of carbonyl (C=O) groups excluding carboxylic acids is 2. The summed E-state index contributed by atoms with van der Waals surface area (Å²) in [5, 5.41) is 17.7. The first-order valence-electron chi connectivity index (χ1n) is 7.08. The molecule has 1 aromatic carbocycles. The van der Waals surface area contributed by atoms with E-state index in [-0.39, 0.29) is 30.4 Å². The number of anilines is 2. The van der Waals surface area contributed by atoms with Crippen LogP contribution in [0.3, 0.4) is 0 Å². The van der Waals surface area contributed by atoms with Gasteiger partial charge in [0, 0.05) is 24.4 Å². The molecular weight excluding hydrogens is 319 g/mol. The van der Waals surface area contributed by atoms with Gasteiger partial charge in [-0.05, 0) is 17.7 Å². The molecule has 0 saturated heterocycles. The van der Waals surface area contributed by atoms with Gasteiger partial charge in [0.1, 0.15) is 12.4 Å². The van der Waals surface area contributed by atoms with Gasteiger partial charge in [0.05, 0.1) is 5.92 Å². The van der Waals surface area contributed by atoms with Crippen LogP contribution in [0, 0.1) is 5.82 Å². The standard InChI is InChI=1S/C15H13FN4O4/c16-8-1-2-9-10(6-13(21)17-11(9)5-8)15(24)18-12-3-4-20(19-12)7-14(22)23/h1-5,10H,6-7H2,(H,17,21)(H,22,23)(H,18,19,24)/t10-/m0/s1. The molecule has 2 heterocycles. The number of aliphatic carboxylic acids is 1. The third-order valence-corrected chi connectivity index (χ3v) is 3.56. The Bertz CT molecular complexity index is 833. The Morgan fingerprint density at radius 3 is 2.96 bits per heavy atom. The summed E-state index contributed by atoms with van der Waals surface area (Å²) in [6, 6.07) is 5.29. The molecule has 24 heavy (non-hydrogen) atoms. The number of benzene rings is 1. The number of halogens is 1.